The molecule has 17 heavy (non-hydrogen) atoms. The molecule has 1 amide bonds. The fraction of sp³-hybridized carbons (Fsp3) is 0.455. The maximum atomic E-state index is 12.0. The number of pyridine rings is 1. The van der Waals surface area contributed by atoms with E-state index < -0.39 is 0 Å². The zero-order valence-electron chi connectivity index (χ0n) is 9.84. The monoisotopic (exact) mass is 277 g/mol. The first kappa shape index (κ1) is 16.2. The van der Waals surface area contributed by atoms with E-state index in [-0.39, 0.29) is 30.7 Å². The SMILES string of the molecule is Cc1cncc(C(=O)N(C)C2CNC2)c1.Cl.Cl. The van der Waals surface area contributed by atoms with Gasteiger partial charge in [-0.2, -0.15) is 0 Å². The third-order valence-corrected chi connectivity index (χ3v) is 2.75. The summed E-state index contributed by atoms with van der Waals surface area (Å²) in [6.45, 7) is 3.72. The summed E-state index contributed by atoms with van der Waals surface area (Å²) in [5.74, 6) is 0.0534. The molecule has 1 aliphatic rings. The van der Waals surface area contributed by atoms with E-state index in [1.807, 2.05) is 20.0 Å². The molecule has 4 nitrogen and oxygen atoms in total. The molecule has 0 aromatic carbocycles. The van der Waals surface area contributed by atoms with Crippen LogP contribution in [0.5, 0.6) is 0 Å². The smallest absolute Gasteiger partial charge is 0.255 e. The molecule has 0 bridgehead atoms. The van der Waals surface area contributed by atoms with E-state index >= 15 is 0 Å². The van der Waals surface area contributed by atoms with Crippen LogP contribution in [0.25, 0.3) is 0 Å². The standard InChI is InChI=1S/C11H15N3O.2ClH/c1-8-3-9(5-12-4-8)11(15)14(2)10-6-13-7-10;;/h3-5,10,13H,6-7H2,1-2H3;2*1H. The first-order chi connectivity index (χ1) is 7.18. The third-order valence-electron chi connectivity index (χ3n) is 2.75. The Bertz CT molecular complexity index is 383. The van der Waals surface area contributed by atoms with Crippen LogP contribution in [-0.2, 0) is 0 Å². The molecule has 0 unspecified atom stereocenters. The molecule has 0 aliphatic carbocycles. The number of halogens is 2. The predicted octanol–water partition coefficient (Wildman–Crippen LogP) is 1.28. The zero-order chi connectivity index (χ0) is 10.8. The molecule has 1 fully saturated rings. The number of amides is 1. The Morgan fingerprint density at radius 3 is 2.53 bits per heavy atom. The van der Waals surface area contributed by atoms with E-state index in [2.05, 4.69) is 10.3 Å². The summed E-state index contributed by atoms with van der Waals surface area (Å²) in [6, 6.07) is 2.20. The second kappa shape index (κ2) is 6.79. The van der Waals surface area contributed by atoms with Crippen LogP contribution in [0.15, 0.2) is 18.5 Å². The fourth-order valence-electron chi connectivity index (χ4n) is 1.59. The number of hydrogen-bond acceptors (Lipinski definition) is 3. The van der Waals surface area contributed by atoms with Crippen LogP contribution in [0.3, 0.4) is 0 Å². The quantitative estimate of drug-likeness (QED) is 0.886. The van der Waals surface area contributed by atoms with Gasteiger partial charge in [0.1, 0.15) is 0 Å². The Hall–Kier alpha value is -0.840. The lowest BCUT2D eigenvalue weighted by Gasteiger charge is -2.35. The lowest BCUT2D eigenvalue weighted by atomic mass is 10.1. The van der Waals surface area contributed by atoms with Crippen molar-refractivity contribution in [3.05, 3.63) is 29.6 Å². The summed E-state index contributed by atoms with van der Waals surface area (Å²) >= 11 is 0. The minimum atomic E-state index is 0. The average molecular weight is 278 g/mol. The van der Waals surface area contributed by atoms with Crippen LogP contribution in [0, 0.1) is 6.92 Å². The highest BCUT2D eigenvalue weighted by atomic mass is 35.5. The van der Waals surface area contributed by atoms with Gasteiger partial charge in [0.15, 0.2) is 0 Å². The molecule has 2 heterocycles. The number of rotatable bonds is 2. The van der Waals surface area contributed by atoms with Gasteiger partial charge in [-0.1, -0.05) is 0 Å². The summed E-state index contributed by atoms with van der Waals surface area (Å²) in [6.07, 6.45) is 3.37. The molecule has 1 aromatic heterocycles. The highest BCUT2D eigenvalue weighted by Gasteiger charge is 2.25. The normalized spacial score (nSPS) is 14.0. The maximum Gasteiger partial charge on any atom is 0.255 e. The van der Waals surface area contributed by atoms with E-state index in [4.69, 9.17) is 0 Å². The van der Waals surface area contributed by atoms with Crippen molar-refractivity contribution in [2.45, 2.75) is 13.0 Å². The van der Waals surface area contributed by atoms with E-state index in [1.54, 1.807) is 17.3 Å². The maximum absolute atomic E-state index is 12.0. The largest absolute Gasteiger partial charge is 0.336 e. The molecule has 1 aliphatic heterocycles. The number of nitrogens with one attached hydrogen (secondary N) is 1. The third kappa shape index (κ3) is 3.56. The molecule has 0 atom stereocenters. The van der Waals surface area contributed by atoms with Crippen LogP contribution < -0.4 is 5.32 Å². The van der Waals surface area contributed by atoms with Gasteiger partial charge in [0.25, 0.3) is 5.91 Å². The van der Waals surface area contributed by atoms with Gasteiger partial charge in [0.2, 0.25) is 0 Å². The first-order valence-electron chi connectivity index (χ1n) is 5.08. The minimum absolute atomic E-state index is 0. The predicted molar refractivity (Wildman–Crippen MR) is 72.2 cm³/mol. The van der Waals surface area contributed by atoms with Crippen molar-refractivity contribution in [2.75, 3.05) is 20.1 Å². The topological polar surface area (TPSA) is 45.2 Å². The van der Waals surface area contributed by atoms with E-state index in [9.17, 15) is 4.79 Å². The molecule has 0 spiro atoms. The molecule has 6 heteroatoms. The molecule has 2 rings (SSSR count). The summed E-state index contributed by atoms with van der Waals surface area (Å²) in [7, 11) is 1.84. The Morgan fingerprint density at radius 1 is 1.41 bits per heavy atom. The van der Waals surface area contributed by atoms with Crippen LogP contribution in [-0.4, -0.2) is 42.0 Å². The van der Waals surface area contributed by atoms with Crippen LogP contribution in [0.4, 0.5) is 0 Å². The Labute approximate surface area is 114 Å². The molecule has 96 valence electrons. The number of aryl methyl sites for hydroxylation is 1. The van der Waals surface area contributed by atoms with Gasteiger partial charge < -0.3 is 10.2 Å². The minimum Gasteiger partial charge on any atom is -0.336 e. The molecule has 1 aromatic rings. The van der Waals surface area contributed by atoms with Crippen molar-refractivity contribution in [1.82, 2.24) is 15.2 Å². The molecule has 1 N–H and O–H groups in total. The van der Waals surface area contributed by atoms with Gasteiger partial charge in [-0.3, -0.25) is 9.78 Å². The number of nitrogens with zero attached hydrogens (tertiary/aromatic N) is 2. The summed E-state index contributed by atoms with van der Waals surface area (Å²) < 4.78 is 0. The molecular formula is C11H17Cl2N3O. The molecule has 0 saturated carbocycles. The Kier molecular flexibility index (Phi) is 6.45. The van der Waals surface area contributed by atoms with Crippen molar-refractivity contribution in [1.29, 1.82) is 0 Å². The van der Waals surface area contributed by atoms with Crippen molar-refractivity contribution >= 4 is 30.7 Å². The number of likely N-dealkylation sites (N-methyl/N-ethyl adjacent to an activating group) is 1. The average Bonchev–Trinajstić information content (AvgIpc) is 2.14. The van der Waals surface area contributed by atoms with E-state index in [0.717, 1.165) is 18.7 Å². The van der Waals surface area contributed by atoms with Crippen molar-refractivity contribution in [2.24, 2.45) is 0 Å². The Morgan fingerprint density at radius 2 is 2.06 bits per heavy atom. The number of aromatic nitrogens is 1. The first-order valence-corrected chi connectivity index (χ1v) is 5.08. The van der Waals surface area contributed by atoms with Gasteiger partial charge in [0.05, 0.1) is 11.6 Å². The molecule has 0 radical (unpaired) electrons. The highest BCUT2D eigenvalue weighted by molar-refractivity contribution is 5.94. The number of hydrogen-bond donors (Lipinski definition) is 1. The van der Waals surface area contributed by atoms with Crippen molar-refractivity contribution < 1.29 is 4.79 Å². The second-order valence-electron chi connectivity index (χ2n) is 3.98. The second-order valence-corrected chi connectivity index (χ2v) is 3.98. The van der Waals surface area contributed by atoms with Crippen LogP contribution in [0.2, 0.25) is 0 Å². The van der Waals surface area contributed by atoms with E-state index in [0.29, 0.717) is 11.6 Å². The van der Waals surface area contributed by atoms with Crippen molar-refractivity contribution in [3.63, 3.8) is 0 Å². The summed E-state index contributed by atoms with van der Waals surface area (Å²) in [5.41, 5.74) is 1.69. The van der Waals surface area contributed by atoms with E-state index in [1.165, 1.54) is 0 Å². The van der Waals surface area contributed by atoms with Gasteiger partial charge in [0, 0.05) is 32.5 Å². The molecular weight excluding hydrogens is 261 g/mol. The van der Waals surface area contributed by atoms with Gasteiger partial charge in [-0.15, -0.1) is 24.8 Å². The summed E-state index contributed by atoms with van der Waals surface area (Å²) in [5, 5.41) is 3.15. The summed E-state index contributed by atoms with van der Waals surface area (Å²) in [4.78, 5) is 17.8. The van der Waals surface area contributed by atoms with Gasteiger partial charge in [-0.25, -0.2) is 0 Å². The number of carbonyl (C=O) groups is 1. The fourth-order valence-corrected chi connectivity index (χ4v) is 1.59. The number of carbonyl (C=O) groups excluding carboxylic acids is 1. The van der Waals surface area contributed by atoms with Crippen molar-refractivity contribution in [3.8, 4) is 0 Å². The van der Waals surface area contributed by atoms with Gasteiger partial charge >= 0.3 is 0 Å². The highest BCUT2D eigenvalue weighted by Crippen LogP contribution is 2.09. The Balaban J connectivity index is 0.00000128. The van der Waals surface area contributed by atoms with Crippen LogP contribution in [0.1, 0.15) is 15.9 Å². The zero-order valence-corrected chi connectivity index (χ0v) is 11.5. The molecule has 1 saturated heterocycles. The van der Waals surface area contributed by atoms with Crippen LogP contribution >= 0.6 is 24.8 Å². The lowest BCUT2D eigenvalue weighted by Crippen LogP contribution is -2.57. The lowest BCUT2D eigenvalue weighted by molar-refractivity contribution is 0.0680. The van der Waals surface area contributed by atoms with Gasteiger partial charge in [-0.05, 0) is 18.6 Å².